The summed E-state index contributed by atoms with van der Waals surface area (Å²) >= 11 is 5.80. The first-order chi connectivity index (χ1) is 8.62. The van der Waals surface area contributed by atoms with E-state index in [0.29, 0.717) is 29.6 Å². The fraction of sp³-hybridized carbons (Fsp3) is 0.250. The van der Waals surface area contributed by atoms with E-state index in [9.17, 15) is 4.79 Å². The van der Waals surface area contributed by atoms with Crippen LogP contribution in [0.4, 0.5) is 0 Å². The molecule has 2 aromatic rings. The predicted octanol–water partition coefficient (Wildman–Crippen LogP) is 1.91. The Kier molecular flexibility index (Phi) is 2.38. The first kappa shape index (κ1) is 11.2. The summed E-state index contributed by atoms with van der Waals surface area (Å²) in [5.41, 5.74) is 5.40. The molecule has 1 heterocycles. The topological polar surface area (TPSA) is 82.0 Å². The van der Waals surface area contributed by atoms with Gasteiger partial charge < -0.3 is 10.3 Å². The van der Waals surface area contributed by atoms with Gasteiger partial charge in [0, 0.05) is 10.6 Å². The normalized spacial score (nSPS) is 16.5. The van der Waals surface area contributed by atoms with Crippen molar-refractivity contribution in [3.05, 3.63) is 35.2 Å². The highest BCUT2D eigenvalue weighted by Crippen LogP contribution is 2.47. The first-order valence-electron chi connectivity index (χ1n) is 5.52. The summed E-state index contributed by atoms with van der Waals surface area (Å²) in [6.45, 7) is 0. The van der Waals surface area contributed by atoms with Crippen molar-refractivity contribution in [1.29, 1.82) is 0 Å². The Balaban J connectivity index is 1.95. The molecule has 1 fully saturated rings. The summed E-state index contributed by atoms with van der Waals surface area (Å²) < 4.78 is 5.14. The van der Waals surface area contributed by atoms with Crippen LogP contribution in [0, 0.1) is 0 Å². The van der Waals surface area contributed by atoms with Crippen molar-refractivity contribution in [3.8, 4) is 11.4 Å². The zero-order chi connectivity index (χ0) is 12.8. The third-order valence-electron chi connectivity index (χ3n) is 3.16. The van der Waals surface area contributed by atoms with E-state index in [2.05, 4.69) is 10.1 Å². The van der Waals surface area contributed by atoms with Crippen LogP contribution in [0.2, 0.25) is 5.02 Å². The van der Waals surface area contributed by atoms with Crippen molar-refractivity contribution in [1.82, 2.24) is 10.1 Å². The second-order valence-corrected chi connectivity index (χ2v) is 4.81. The van der Waals surface area contributed by atoms with E-state index in [1.165, 1.54) is 0 Å². The largest absolute Gasteiger partial charge is 0.369 e. The van der Waals surface area contributed by atoms with Crippen molar-refractivity contribution < 1.29 is 9.32 Å². The van der Waals surface area contributed by atoms with E-state index in [1.807, 2.05) is 0 Å². The number of amides is 1. The summed E-state index contributed by atoms with van der Waals surface area (Å²) in [6.07, 6.45) is 1.34. The van der Waals surface area contributed by atoms with Gasteiger partial charge in [0.05, 0.1) is 0 Å². The van der Waals surface area contributed by atoms with Crippen LogP contribution in [0.5, 0.6) is 0 Å². The molecule has 0 bridgehead atoms. The second kappa shape index (κ2) is 3.81. The molecular weight excluding hydrogens is 254 g/mol. The van der Waals surface area contributed by atoms with E-state index >= 15 is 0 Å². The monoisotopic (exact) mass is 263 g/mol. The Morgan fingerprint density at radius 1 is 1.33 bits per heavy atom. The minimum atomic E-state index is -0.738. The molecule has 0 atom stereocenters. The smallest absolute Gasteiger partial charge is 0.242 e. The molecule has 1 aliphatic carbocycles. The molecule has 0 spiro atoms. The number of aromatic nitrogens is 2. The van der Waals surface area contributed by atoms with Crippen LogP contribution < -0.4 is 5.73 Å². The molecule has 18 heavy (non-hydrogen) atoms. The van der Waals surface area contributed by atoms with Crippen LogP contribution in [0.25, 0.3) is 11.4 Å². The Morgan fingerprint density at radius 2 is 2.00 bits per heavy atom. The van der Waals surface area contributed by atoms with Crippen LogP contribution in [-0.4, -0.2) is 16.0 Å². The molecule has 2 N–H and O–H groups in total. The summed E-state index contributed by atoms with van der Waals surface area (Å²) in [6, 6.07) is 7.07. The second-order valence-electron chi connectivity index (χ2n) is 4.38. The lowest BCUT2D eigenvalue weighted by Gasteiger charge is -2.02. The van der Waals surface area contributed by atoms with Crippen LogP contribution in [0.1, 0.15) is 18.7 Å². The molecule has 0 radical (unpaired) electrons. The fourth-order valence-corrected chi connectivity index (χ4v) is 1.95. The van der Waals surface area contributed by atoms with E-state index in [-0.39, 0.29) is 0 Å². The van der Waals surface area contributed by atoms with E-state index < -0.39 is 11.3 Å². The standard InChI is InChI=1S/C12H10ClN3O2/c13-8-3-1-7(2-4-8)9-15-11(18-16-9)12(5-6-12)10(14)17/h1-4H,5-6H2,(H2,14,17). The first-order valence-corrected chi connectivity index (χ1v) is 5.90. The summed E-state index contributed by atoms with van der Waals surface area (Å²) in [5.74, 6) is 0.336. The maximum atomic E-state index is 11.4. The van der Waals surface area contributed by atoms with E-state index in [4.69, 9.17) is 21.9 Å². The zero-order valence-electron chi connectivity index (χ0n) is 9.39. The lowest BCUT2D eigenvalue weighted by Crippen LogP contribution is -2.28. The molecule has 0 saturated heterocycles. The van der Waals surface area contributed by atoms with E-state index in [0.717, 1.165) is 5.56 Å². The Bertz CT molecular complexity index is 602. The maximum Gasteiger partial charge on any atom is 0.242 e. The van der Waals surface area contributed by atoms with Crippen molar-refractivity contribution in [3.63, 3.8) is 0 Å². The van der Waals surface area contributed by atoms with Crippen molar-refractivity contribution in [2.75, 3.05) is 0 Å². The molecule has 0 unspecified atom stereocenters. The minimum absolute atomic E-state index is 0.306. The lowest BCUT2D eigenvalue weighted by molar-refractivity contribution is -0.121. The van der Waals surface area contributed by atoms with Crippen LogP contribution in [0.15, 0.2) is 28.8 Å². The highest BCUT2D eigenvalue weighted by atomic mass is 35.5. The number of nitrogens with zero attached hydrogens (tertiary/aromatic N) is 2. The molecule has 3 rings (SSSR count). The molecule has 1 saturated carbocycles. The Labute approximate surface area is 108 Å². The van der Waals surface area contributed by atoms with Crippen LogP contribution in [-0.2, 0) is 10.2 Å². The van der Waals surface area contributed by atoms with Gasteiger partial charge in [-0.3, -0.25) is 4.79 Å². The SMILES string of the molecule is NC(=O)C1(c2nc(-c3ccc(Cl)cc3)no2)CC1. The number of carbonyl (C=O) groups excluding carboxylic acids is 1. The fourth-order valence-electron chi connectivity index (χ4n) is 1.82. The number of hydrogen-bond acceptors (Lipinski definition) is 4. The summed E-state index contributed by atoms with van der Waals surface area (Å²) in [5, 5.41) is 4.51. The molecule has 1 aliphatic rings. The average Bonchev–Trinajstić information content (AvgIpc) is 3.03. The predicted molar refractivity (Wildman–Crippen MR) is 64.9 cm³/mol. The third kappa shape index (κ3) is 1.67. The Hall–Kier alpha value is -1.88. The van der Waals surface area contributed by atoms with Gasteiger partial charge in [-0.2, -0.15) is 4.98 Å². The van der Waals surface area contributed by atoms with E-state index in [1.54, 1.807) is 24.3 Å². The molecule has 1 aromatic heterocycles. The highest BCUT2D eigenvalue weighted by molar-refractivity contribution is 6.30. The molecular formula is C12H10ClN3O2. The highest BCUT2D eigenvalue weighted by Gasteiger charge is 2.55. The van der Waals surface area contributed by atoms with Gasteiger partial charge >= 0.3 is 0 Å². The minimum Gasteiger partial charge on any atom is -0.369 e. The number of hydrogen-bond donors (Lipinski definition) is 1. The van der Waals surface area contributed by atoms with Crippen LogP contribution in [0.3, 0.4) is 0 Å². The van der Waals surface area contributed by atoms with Gasteiger partial charge in [-0.25, -0.2) is 0 Å². The zero-order valence-corrected chi connectivity index (χ0v) is 10.1. The number of carbonyl (C=O) groups is 1. The average molecular weight is 264 g/mol. The number of halogens is 1. The lowest BCUT2D eigenvalue weighted by atomic mass is 10.1. The molecule has 1 aromatic carbocycles. The number of benzene rings is 1. The summed E-state index contributed by atoms with van der Waals surface area (Å²) in [4.78, 5) is 15.6. The van der Waals surface area contributed by atoms with Gasteiger partial charge in [-0.1, -0.05) is 16.8 Å². The molecule has 1 amide bonds. The Morgan fingerprint density at radius 3 is 2.56 bits per heavy atom. The van der Waals surface area contributed by atoms with Crippen LogP contribution >= 0.6 is 11.6 Å². The molecule has 6 heteroatoms. The van der Waals surface area contributed by atoms with Gasteiger partial charge in [0.2, 0.25) is 17.6 Å². The van der Waals surface area contributed by atoms with Crippen molar-refractivity contribution in [2.45, 2.75) is 18.3 Å². The molecule has 0 aliphatic heterocycles. The van der Waals surface area contributed by atoms with Gasteiger partial charge in [0.1, 0.15) is 5.41 Å². The van der Waals surface area contributed by atoms with Gasteiger partial charge in [0.25, 0.3) is 0 Å². The van der Waals surface area contributed by atoms with Crippen molar-refractivity contribution in [2.24, 2.45) is 5.73 Å². The molecule has 92 valence electrons. The number of rotatable bonds is 3. The maximum absolute atomic E-state index is 11.4. The molecule has 5 nitrogen and oxygen atoms in total. The quantitative estimate of drug-likeness (QED) is 0.917. The van der Waals surface area contributed by atoms with Gasteiger partial charge in [-0.05, 0) is 37.1 Å². The van der Waals surface area contributed by atoms with Crippen molar-refractivity contribution >= 4 is 17.5 Å². The summed E-state index contributed by atoms with van der Waals surface area (Å²) in [7, 11) is 0. The number of primary amides is 1. The van der Waals surface area contributed by atoms with Gasteiger partial charge in [-0.15, -0.1) is 0 Å². The number of nitrogens with two attached hydrogens (primary N) is 1. The van der Waals surface area contributed by atoms with Gasteiger partial charge in [0.15, 0.2) is 0 Å². The third-order valence-corrected chi connectivity index (χ3v) is 3.41.